The van der Waals surface area contributed by atoms with Crippen molar-refractivity contribution in [2.75, 3.05) is 20.3 Å². The Morgan fingerprint density at radius 1 is 1.55 bits per heavy atom. The number of hydrogen-bond donors (Lipinski definition) is 2. The molecule has 112 valence electrons. The number of nitrogens with one attached hydrogen (secondary N) is 1. The molecule has 0 saturated carbocycles. The van der Waals surface area contributed by atoms with Gasteiger partial charge in [0.05, 0.1) is 19.3 Å². The first-order valence-corrected chi connectivity index (χ1v) is 6.61. The molecule has 0 radical (unpaired) electrons. The number of aromatic nitrogens is 2. The summed E-state index contributed by atoms with van der Waals surface area (Å²) in [6.45, 7) is 2.76. The summed E-state index contributed by atoms with van der Waals surface area (Å²) >= 11 is 0. The number of aliphatic hydroxyl groups is 1. The summed E-state index contributed by atoms with van der Waals surface area (Å²) in [6, 6.07) is 2.66. The average molecular weight is 283 g/mol. The van der Waals surface area contributed by atoms with E-state index in [-0.39, 0.29) is 24.3 Å². The van der Waals surface area contributed by atoms with Crippen LogP contribution in [0.25, 0.3) is 0 Å². The minimum atomic E-state index is -0.566. The lowest BCUT2D eigenvalue weighted by molar-refractivity contribution is 0.0901. The third kappa shape index (κ3) is 5.10. The summed E-state index contributed by atoms with van der Waals surface area (Å²) in [6.07, 6.45) is 0.904. The number of hydrogen-bond acceptors (Lipinski definition) is 5. The number of aliphatic hydroxyl groups excluding tert-OH is 1. The van der Waals surface area contributed by atoms with E-state index in [1.165, 1.54) is 23.9 Å². The lowest BCUT2D eigenvalue weighted by Crippen LogP contribution is -2.34. The molecular weight excluding hydrogens is 262 g/mol. The second-order valence-electron chi connectivity index (χ2n) is 4.43. The summed E-state index contributed by atoms with van der Waals surface area (Å²) in [7, 11) is 1.52. The fourth-order valence-electron chi connectivity index (χ4n) is 1.64. The Bertz CT molecular complexity index is 487. The van der Waals surface area contributed by atoms with Gasteiger partial charge in [-0.15, -0.1) is 0 Å². The van der Waals surface area contributed by atoms with Crippen LogP contribution in [0.1, 0.15) is 30.3 Å². The monoisotopic (exact) mass is 283 g/mol. The standard InChI is InChI=1S/C13H21N3O4/c1-3-4-10(17)9-14-13(19)11-5-6-12(18)16(15-11)7-8-20-2/h5-6,10,17H,3-4,7-9H2,1-2H3,(H,14,19). The van der Waals surface area contributed by atoms with Gasteiger partial charge in [-0.2, -0.15) is 5.10 Å². The van der Waals surface area contributed by atoms with E-state index in [4.69, 9.17) is 4.74 Å². The molecule has 0 aliphatic carbocycles. The van der Waals surface area contributed by atoms with E-state index in [9.17, 15) is 14.7 Å². The van der Waals surface area contributed by atoms with E-state index in [0.29, 0.717) is 13.0 Å². The van der Waals surface area contributed by atoms with Gasteiger partial charge in [0, 0.05) is 19.7 Å². The molecule has 1 aromatic rings. The molecule has 2 N–H and O–H groups in total. The quantitative estimate of drug-likeness (QED) is 0.688. The SMILES string of the molecule is CCCC(O)CNC(=O)c1ccc(=O)n(CCOC)n1. The van der Waals surface area contributed by atoms with E-state index in [0.717, 1.165) is 6.42 Å². The molecule has 0 bridgehead atoms. The Hall–Kier alpha value is -1.73. The lowest BCUT2D eigenvalue weighted by Gasteiger charge is -2.11. The number of rotatable bonds is 8. The van der Waals surface area contributed by atoms with Crippen LogP contribution in [0.4, 0.5) is 0 Å². The van der Waals surface area contributed by atoms with Gasteiger partial charge in [0.2, 0.25) is 0 Å². The first kappa shape index (κ1) is 16.3. The first-order valence-electron chi connectivity index (χ1n) is 6.61. The fraction of sp³-hybridized carbons (Fsp3) is 0.615. The van der Waals surface area contributed by atoms with Crippen LogP contribution in [0.2, 0.25) is 0 Å². The van der Waals surface area contributed by atoms with Crippen molar-refractivity contribution in [3.63, 3.8) is 0 Å². The molecular formula is C13H21N3O4. The normalized spacial score (nSPS) is 12.2. The Morgan fingerprint density at radius 2 is 2.30 bits per heavy atom. The van der Waals surface area contributed by atoms with Crippen molar-refractivity contribution in [2.24, 2.45) is 0 Å². The molecule has 0 spiro atoms. The molecule has 7 heteroatoms. The number of nitrogens with zero attached hydrogens (tertiary/aromatic N) is 2. The van der Waals surface area contributed by atoms with Crippen molar-refractivity contribution in [1.29, 1.82) is 0 Å². The molecule has 0 saturated heterocycles. The van der Waals surface area contributed by atoms with Crippen LogP contribution >= 0.6 is 0 Å². The van der Waals surface area contributed by atoms with Crippen molar-refractivity contribution in [1.82, 2.24) is 15.1 Å². The van der Waals surface area contributed by atoms with Gasteiger partial charge in [-0.25, -0.2) is 4.68 Å². The van der Waals surface area contributed by atoms with Gasteiger partial charge in [0.1, 0.15) is 5.69 Å². The van der Waals surface area contributed by atoms with Gasteiger partial charge < -0.3 is 15.2 Å². The zero-order chi connectivity index (χ0) is 15.0. The molecule has 20 heavy (non-hydrogen) atoms. The highest BCUT2D eigenvalue weighted by atomic mass is 16.5. The molecule has 0 fully saturated rings. The Labute approximate surface area is 117 Å². The molecule has 0 aliphatic rings. The van der Waals surface area contributed by atoms with Crippen molar-refractivity contribution < 1.29 is 14.6 Å². The van der Waals surface area contributed by atoms with Crippen LogP contribution in [-0.4, -0.2) is 47.2 Å². The summed E-state index contributed by atoms with van der Waals surface area (Å²) in [5.74, 6) is -0.411. The average Bonchev–Trinajstić information content (AvgIpc) is 2.44. The van der Waals surface area contributed by atoms with Crippen molar-refractivity contribution in [3.8, 4) is 0 Å². The predicted molar refractivity (Wildman–Crippen MR) is 73.6 cm³/mol. The summed E-state index contributed by atoms with van der Waals surface area (Å²) in [4.78, 5) is 23.4. The molecule has 1 heterocycles. The van der Waals surface area contributed by atoms with Gasteiger partial charge in [0.15, 0.2) is 0 Å². The van der Waals surface area contributed by atoms with Crippen LogP contribution in [0, 0.1) is 0 Å². The molecule has 1 atom stereocenters. The van der Waals surface area contributed by atoms with Gasteiger partial charge in [0.25, 0.3) is 11.5 Å². The Balaban J connectivity index is 2.66. The molecule has 1 unspecified atom stereocenters. The zero-order valence-corrected chi connectivity index (χ0v) is 11.8. The maximum absolute atomic E-state index is 11.9. The fourth-order valence-corrected chi connectivity index (χ4v) is 1.64. The minimum absolute atomic E-state index is 0.143. The van der Waals surface area contributed by atoms with Crippen LogP contribution in [0.3, 0.4) is 0 Å². The molecule has 0 aromatic carbocycles. The third-order valence-corrected chi connectivity index (χ3v) is 2.73. The lowest BCUT2D eigenvalue weighted by atomic mass is 10.2. The van der Waals surface area contributed by atoms with Gasteiger partial charge in [-0.1, -0.05) is 13.3 Å². The molecule has 1 amide bonds. The minimum Gasteiger partial charge on any atom is -0.391 e. The van der Waals surface area contributed by atoms with Gasteiger partial charge in [-0.3, -0.25) is 9.59 Å². The highest BCUT2D eigenvalue weighted by molar-refractivity contribution is 5.91. The number of amides is 1. The molecule has 7 nitrogen and oxygen atoms in total. The van der Waals surface area contributed by atoms with Crippen molar-refractivity contribution in [3.05, 3.63) is 28.2 Å². The largest absolute Gasteiger partial charge is 0.391 e. The van der Waals surface area contributed by atoms with E-state index in [1.54, 1.807) is 0 Å². The topological polar surface area (TPSA) is 93.5 Å². The zero-order valence-electron chi connectivity index (χ0n) is 11.8. The maximum Gasteiger partial charge on any atom is 0.271 e. The molecule has 1 aromatic heterocycles. The van der Waals surface area contributed by atoms with E-state index >= 15 is 0 Å². The van der Waals surface area contributed by atoms with Gasteiger partial charge in [-0.05, 0) is 12.5 Å². The summed E-state index contributed by atoms with van der Waals surface area (Å²) < 4.78 is 6.06. The van der Waals surface area contributed by atoms with E-state index in [1.807, 2.05) is 6.92 Å². The van der Waals surface area contributed by atoms with Crippen LogP contribution in [0.5, 0.6) is 0 Å². The smallest absolute Gasteiger partial charge is 0.271 e. The first-order chi connectivity index (χ1) is 9.58. The number of carbonyl (C=O) groups excluding carboxylic acids is 1. The molecule has 1 rings (SSSR count). The number of methoxy groups -OCH3 is 1. The van der Waals surface area contributed by atoms with Crippen LogP contribution in [-0.2, 0) is 11.3 Å². The second-order valence-corrected chi connectivity index (χ2v) is 4.43. The maximum atomic E-state index is 11.9. The summed E-state index contributed by atoms with van der Waals surface area (Å²) in [5.41, 5.74) is -0.144. The van der Waals surface area contributed by atoms with E-state index < -0.39 is 12.0 Å². The van der Waals surface area contributed by atoms with Crippen LogP contribution in [0.15, 0.2) is 16.9 Å². The number of ether oxygens (including phenoxy) is 1. The highest BCUT2D eigenvalue weighted by Crippen LogP contribution is 1.96. The predicted octanol–water partition coefficient (Wildman–Crippen LogP) is -0.219. The van der Waals surface area contributed by atoms with Crippen molar-refractivity contribution in [2.45, 2.75) is 32.4 Å². The van der Waals surface area contributed by atoms with Crippen LogP contribution < -0.4 is 10.9 Å². The van der Waals surface area contributed by atoms with E-state index in [2.05, 4.69) is 10.4 Å². The van der Waals surface area contributed by atoms with Crippen molar-refractivity contribution >= 4 is 5.91 Å². The molecule has 0 aliphatic heterocycles. The number of carbonyl (C=O) groups is 1. The second kappa shape index (κ2) is 8.44. The summed E-state index contributed by atoms with van der Waals surface area (Å²) in [5, 5.41) is 16.1. The third-order valence-electron chi connectivity index (χ3n) is 2.73. The highest BCUT2D eigenvalue weighted by Gasteiger charge is 2.11. The van der Waals surface area contributed by atoms with Gasteiger partial charge >= 0.3 is 0 Å². The Morgan fingerprint density at radius 3 is 2.95 bits per heavy atom. The Kier molecular flexibility index (Phi) is 6.89.